The molecular weight excluding hydrogens is 194 g/mol. The van der Waals surface area contributed by atoms with Crippen LogP contribution in [0.5, 0.6) is 0 Å². The Kier molecular flexibility index (Phi) is 4.70. The molecule has 4 nitrogen and oxygen atoms in total. The van der Waals surface area contributed by atoms with E-state index in [4.69, 9.17) is 9.47 Å². The lowest BCUT2D eigenvalue weighted by atomic mass is 10.1. The molecule has 1 saturated heterocycles. The lowest BCUT2D eigenvalue weighted by Crippen LogP contribution is -2.31. The van der Waals surface area contributed by atoms with Gasteiger partial charge in [-0.05, 0) is 0 Å². The molecule has 2 unspecified atom stereocenters. The third-order valence-electron chi connectivity index (χ3n) is 2.92. The maximum atomic E-state index is 11.6. The van der Waals surface area contributed by atoms with Gasteiger partial charge in [0.05, 0.1) is 18.8 Å². The van der Waals surface area contributed by atoms with Crippen molar-refractivity contribution in [2.24, 2.45) is 5.92 Å². The first-order valence-corrected chi connectivity index (χ1v) is 5.39. The van der Waals surface area contributed by atoms with E-state index in [1.165, 1.54) is 0 Å². The topological polar surface area (TPSA) is 38.8 Å². The predicted molar refractivity (Wildman–Crippen MR) is 57.9 cm³/mol. The highest BCUT2D eigenvalue weighted by Gasteiger charge is 2.33. The fraction of sp³-hybridized carbons (Fsp3) is 0.909. The van der Waals surface area contributed by atoms with E-state index in [0.717, 1.165) is 13.1 Å². The maximum absolute atomic E-state index is 11.6. The molecule has 1 heterocycles. The van der Waals surface area contributed by atoms with Gasteiger partial charge >= 0.3 is 0 Å². The van der Waals surface area contributed by atoms with Crippen molar-refractivity contribution >= 4 is 5.78 Å². The van der Waals surface area contributed by atoms with Crippen molar-refractivity contribution < 1.29 is 14.3 Å². The predicted octanol–water partition coefficient (Wildman–Crippen LogP) is 0.557. The number of ether oxygens (including phenoxy) is 2. The number of methoxy groups -OCH3 is 2. The Hall–Kier alpha value is -0.450. The summed E-state index contributed by atoms with van der Waals surface area (Å²) in [5, 5.41) is 0. The number of carbonyl (C=O) groups is 1. The minimum absolute atomic E-state index is 0.0926. The molecule has 88 valence electrons. The van der Waals surface area contributed by atoms with Crippen LogP contribution in [0.2, 0.25) is 0 Å². The van der Waals surface area contributed by atoms with Crippen molar-refractivity contribution in [2.75, 3.05) is 33.9 Å². The number of ketones is 1. The molecule has 1 aliphatic rings. The van der Waals surface area contributed by atoms with Gasteiger partial charge in [-0.2, -0.15) is 0 Å². The van der Waals surface area contributed by atoms with E-state index < -0.39 is 0 Å². The first-order chi connectivity index (χ1) is 7.08. The first-order valence-electron chi connectivity index (χ1n) is 5.39. The molecular formula is C11H21NO3. The van der Waals surface area contributed by atoms with Crippen LogP contribution in [0.25, 0.3) is 0 Å². The van der Waals surface area contributed by atoms with Gasteiger partial charge in [-0.1, -0.05) is 13.8 Å². The number of Topliss-reactive ketones (excluding diaryl/α,β-unsaturated/α-hetero) is 1. The summed E-state index contributed by atoms with van der Waals surface area (Å²) in [7, 11) is 3.37. The fourth-order valence-corrected chi connectivity index (χ4v) is 1.80. The molecule has 4 heteroatoms. The van der Waals surface area contributed by atoms with Gasteiger partial charge in [-0.15, -0.1) is 0 Å². The Labute approximate surface area is 91.5 Å². The third-order valence-corrected chi connectivity index (χ3v) is 2.92. The van der Waals surface area contributed by atoms with Crippen LogP contribution in [-0.4, -0.2) is 56.7 Å². The summed E-state index contributed by atoms with van der Waals surface area (Å²) in [6.07, 6.45) is 0.185. The molecule has 0 aliphatic carbocycles. The number of likely N-dealkylation sites (tertiary alicyclic amines) is 1. The fourth-order valence-electron chi connectivity index (χ4n) is 1.80. The highest BCUT2D eigenvalue weighted by atomic mass is 16.5. The van der Waals surface area contributed by atoms with E-state index in [1.54, 1.807) is 14.2 Å². The van der Waals surface area contributed by atoms with Crippen molar-refractivity contribution in [1.29, 1.82) is 0 Å². The Morgan fingerprint density at radius 2 is 1.73 bits per heavy atom. The van der Waals surface area contributed by atoms with E-state index in [1.807, 2.05) is 13.8 Å². The summed E-state index contributed by atoms with van der Waals surface area (Å²) >= 11 is 0. The molecule has 1 fully saturated rings. The second-order valence-electron chi connectivity index (χ2n) is 4.36. The van der Waals surface area contributed by atoms with Gasteiger partial charge in [-0.25, -0.2) is 0 Å². The Balaban J connectivity index is 2.43. The summed E-state index contributed by atoms with van der Waals surface area (Å²) in [6.45, 7) is 5.94. The van der Waals surface area contributed by atoms with Crippen molar-refractivity contribution in [2.45, 2.75) is 26.1 Å². The van der Waals surface area contributed by atoms with Gasteiger partial charge in [0.1, 0.15) is 5.78 Å². The zero-order valence-electron chi connectivity index (χ0n) is 10.0. The molecule has 1 rings (SSSR count). The van der Waals surface area contributed by atoms with E-state index >= 15 is 0 Å². The number of hydrogen-bond acceptors (Lipinski definition) is 4. The molecule has 0 aromatic rings. The van der Waals surface area contributed by atoms with Crippen LogP contribution in [-0.2, 0) is 14.3 Å². The zero-order chi connectivity index (χ0) is 11.4. The molecule has 0 radical (unpaired) electrons. The van der Waals surface area contributed by atoms with Crippen LogP contribution in [0.3, 0.4) is 0 Å². The van der Waals surface area contributed by atoms with E-state index in [-0.39, 0.29) is 23.9 Å². The first kappa shape index (κ1) is 12.6. The molecule has 0 spiro atoms. The third kappa shape index (κ3) is 3.26. The number of nitrogens with zero attached hydrogens (tertiary/aromatic N) is 1. The van der Waals surface area contributed by atoms with Crippen LogP contribution >= 0.6 is 0 Å². The van der Waals surface area contributed by atoms with E-state index in [2.05, 4.69) is 4.90 Å². The molecule has 0 bridgehead atoms. The van der Waals surface area contributed by atoms with Crippen molar-refractivity contribution in [3.05, 3.63) is 0 Å². The quantitative estimate of drug-likeness (QED) is 0.671. The number of hydrogen-bond donors (Lipinski definition) is 0. The second kappa shape index (κ2) is 5.58. The highest BCUT2D eigenvalue weighted by Crippen LogP contribution is 2.15. The summed E-state index contributed by atoms with van der Waals surface area (Å²) in [6, 6.07) is 0. The lowest BCUT2D eigenvalue weighted by Gasteiger charge is -2.15. The molecule has 1 aliphatic heterocycles. The van der Waals surface area contributed by atoms with E-state index in [9.17, 15) is 4.79 Å². The van der Waals surface area contributed by atoms with Crippen LogP contribution in [0, 0.1) is 5.92 Å². The number of carbonyl (C=O) groups excluding carboxylic acids is 1. The van der Waals surface area contributed by atoms with Crippen LogP contribution in [0.15, 0.2) is 0 Å². The molecule has 0 aromatic heterocycles. The van der Waals surface area contributed by atoms with Crippen molar-refractivity contribution in [3.8, 4) is 0 Å². The molecule has 15 heavy (non-hydrogen) atoms. The largest absolute Gasteiger partial charge is 0.377 e. The van der Waals surface area contributed by atoms with Crippen LogP contribution in [0.4, 0.5) is 0 Å². The van der Waals surface area contributed by atoms with Gasteiger partial charge < -0.3 is 9.47 Å². The lowest BCUT2D eigenvalue weighted by molar-refractivity contribution is -0.122. The van der Waals surface area contributed by atoms with Gasteiger partial charge in [0.25, 0.3) is 0 Å². The van der Waals surface area contributed by atoms with Gasteiger partial charge in [0.15, 0.2) is 0 Å². The Bertz CT molecular complexity index is 206. The van der Waals surface area contributed by atoms with Gasteiger partial charge in [0, 0.05) is 33.2 Å². The Morgan fingerprint density at radius 3 is 2.07 bits per heavy atom. The Morgan fingerprint density at radius 1 is 1.27 bits per heavy atom. The van der Waals surface area contributed by atoms with Gasteiger partial charge in [-0.3, -0.25) is 9.69 Å². The van der Waals surface area contributed by atoms with Crippen molar-refractivity contribution in [1.82, 2.24) is 4.90 Å². The molecule has 0 aromatic carbocycles. The molecule has 0 amide bonds. The maximum Gasteiger partial charge on any atom is 0.149 e. The van der Waals surface area contributed by atoms with Crippen LogP contribution < -0.4 is 0 Å². The average molecular weight is 215 g/mol. The smallest absolute Gasteiger partial charge is 0.149 e. The summed E-state index contributed by atoms with van der Waals surface area (Å²) in [4.78, 5) is 13.7. The second-order valence-corrected chi connectivity index (χ2v) is 4.36. The zero-order valence-corrected chi connectivity index (χ0v) is 10.0. The normalized spacial score (nSPS) is 27.5. The standard InChI is InChI=1S/C11H21NO3/c1-8(2)9(13)5-12-6-10(14-3)11(7-12)15-4/h8,10-11H,5-7H2,1-4H3. The minimum atomic E-state index is 0.0926. The SMILES string of the molecule is COC1CN(CC(=O)C(C)C)CC1OC. The van der Waals surface area contributed by atoms with Crippen LogP contribution in [0.1, 0.15) is 13.8 Å². The molecule has 2 atom stereocenters. The molecule has 0 saturated carbocycles. The summed E-state index contributed by atoms with van der Waals surface area (Å²) in [5.41, 5.74) is 0. The van der Waals surface area contributed by atoms with Crippen molar-refractivity contribution in [3.63, 3.8) is 0 Å². The minimum Gasteiger partial charge on any atom is -0.377 e. The monoisotopic (exact) mass is 215 g/mol. The highest BCUT2D eigenvalue weighted by molar-refractivity contribution is 5.82. The molecule has 0 N–H and O–H groups in total. The van der Waals surface area contributed by atoms with Gasteiger partial charge in [0.2, 0.25) is 0 Å². The average Bonchev–Trinajstić information content (AvgIpc) is 2.59. The number of rotatable bonds is 5. The summed E-state index contributed by atoms with van der Waals surface area (Å²) < 4.78 is 10.6. The van der Waals surface area contributed by atoms with E-state index in [0.29, 0.717) is 6.54 Å². The summed E-state index contributed by atoms with van der Waals surface area (Å²) in [5.74, 6) is 0.384.